The van der Waals surface area contributed by atoms with E-state index in [1.165, 1.54) is 12.1 Å². The van der Waals surface area contributed by atoms with Gasteiger partial charge in [0.2, 0.25) is 5.91 Å². The molecule has 0 saturated carbocycles. The second kappa shape index (κ2) is 6.28. The maximum absolute atomic E-state index is 13.5. The van der Waals surface area contributed by atoms with E-state index in [0.717, 1.165) is 28.4 Å². The zero-order valence-electron chi connectivity index (χ0n) is 14.0. The largest absolute Gasteiger partial charge is 0.356 e. The van der Waals surface area contributed by atoms with Crippen LogP contribution in [0, 0.1) is 5.82 Å². The van der Waals surface area contributed by atoms with Crippen LogP contribution < -0.4 is 5.32 Å². The van der Waals surface area contributed by atoms with Crippen molar-refractivity contribution in [1.82, 2.24) is 10.3 Å². The molecule has 2 atom stereocenters. The monoisotopic (exact) mass is 372 g/mol. The molecule has 1 aliphatic carbocycles. The number of benzene rings is 2. The lowest BCUT2D eigenvalue weighted by molar-refractivity contribution is -0.119. The van der Waals surface area contributed by atoms with Crippen molar-refractivity contribution in [1.29, 1.82) is 0 Å². The topological polar surface area (TPSA) is 65.1 Å². The summed E-state index contributed by atoms with van der Waals surface area (Å²) in [6.07, 6.45) is 0.349. The number of rotatable bonds is 3. The molecule has 138 valence electrons. The molecule has 4 rings (SSSR count). The minimum atomic E-state index is -3.06. The molecule has 0 spiro atoms. The molecule has 0 aliphatic heterocycles. The van der Waals surface area contributed by atoms with E-state index in [-0.39, 0.29) is 17.9 Å². The highest BCUT2D eigenvalue weighted by Gasteiger charge is 2.35. The molecule has 4 nitrogen and oxygen atoms in total. The highest BCUT2D eigenvalue weighted by molar-refractivity contribution is 6.07. The number of fused-ring (bicyclic) bond motifs is 3. The van der Waals surface area contributed by atoms with Crippen molar-refractivity contribution in [3.63, 3.8) is 0 Å². The van der Waals surface area contributed by atoms with Gasteiger partial charge in [0.05, 0.1) is 6.42 Å². The maximum atomic E-state index is 13.5. The van der Waals surface area contributed by atoms with Crippen LogP contribution >= 0.6 is 0 Å². The van der Waals surface area contributed by atoms with Gasteiger partial charge in [-0.2, -0.15) is 0 Å². The number of alkyl halides is 2. The van der Waals surface area contributed by atoms with Gasteiger partial charge in [0, 0.05) is 27.5 Å². The quantitative estimate of drug-likeness (QED) is 0.658. The number of carbonyl (C=O) groups is 1. The molecule has 3 N–H and O–H groups in total. The zero-order valence-corrected chi connectivity index (χ0v) is 14.0. The molecule has 1 aliphatic rings. The van der Waals surface area contributed by atoms with Crippen molar-refractivity contribution >= 4 is 27.7 Å². The van der Waals surface area contributed by atoms with Gasteiger partial charge in [0.25, 0.3) is 5.85 Å². The van der Waals surface area contributed by atoms with E-state index < -0.39 is 17.9 Å². The lowest BCUT2D eigenvalue weighted by atomic mass is 10.0. The molecule has 7 heteroatoms. The normalized spacial score (nSPS) is 22.2. The Labute approximate surface area is 152 Å². The van der Waals surface area contributed by atoms with Crippen molar-refractivity contribution in [2.24, 2.45) is 0 Å². The number of allylic oxidation sites excluding steroid dienone is 1. The van der Waals surface area contributed by atoms with Crippen LogP contribution in [0.4, 0.5) is 13.2 Å². The van der Waals surface area contributed by atoms with Crippen LogP contribution in [-0.4, -0.2) is 28.0 Å². The van der Waals surface area contributed by atoms with Gasteiger partial charge in [0.1, 0.15) is 5.82 Å². The molecule has 0 saturated heterocycles. The van der Waals surface area contributed by atoms with Gasteiger partial charge in [-0.25, -0.2) is 13.2 Å². The Morgan fingerprint density at radius 2 is 1.89 bits per heavy atom. The smallest absolute Gasteiger partial charge is 0.261 e. The van der Waals surface area contributed by atoms with Crippen molar-refractivity contribution in [3.8, 4) is 0 Å². The molecule has 0 bridgehead atoms. The number of hydrogen-bond donors (Lipinski definition) is 3. The molecule has 1 heterocycles. The van der Waals surface area contributed by atoms with Crippen LogP contribution in [0.2, 0.25) is 0 Å². The van der Waals surface area contributed by atoms with E-state index in [0.29, 0.717) is 17.2 Å². The molecule has 2 aromatic carbocycles. The Hall–Kier alpha value is -3.06. The van der Waals surface area contributed by atoms with Crippen molar-refractivity contribution in [3.05, 3.63) is 71.7 Å². The molecule has 0 radical (unpaired) electrons. The summed E-state index contributed by atoms with van der Waals surface area (Å²) in [5.41, 5.74) is 2.21. The molecule has 3 aromatic rings. The summed E-state index contributed by atoms with van der Waals surface area (Å²) in [7, 11) is 0. The number of carbonyl (C=O) groups excluding carboxylic acids is 1. The Kier molecular flexibility index (Phi) is 4.04. The van der Waals surface area contributed by atoms with Gasteiger partial charge < -0.3 is 15.4 Å². The molecule has 27 heavy (non-hydrogen) atoms. The number of aromatic amines is 1. The Morgan fingerprint density at radius 3 is 2.63 bits per heavy atom. The van der Waals surface area contributed by atoms with E-state index in [1.54, 1.807) is 18.2 Å². The van der Waals surface area contributed by atoms with Crippen LogP contribution in [0.3, 0.4) is 0 Å². The van der Waals surface area contributed by atoms with Gasteiger partial charge in [-0.15, -0.1) is 0 Å². The average molecular weight is 372 g/mol. The first-order chi connectivity index (χ1) is 12.8. The Bertz CT molecular complexity index is 1120. The van der Waals surface area contributed by atoms with Gasteiger partial charge in [0.15, 0.2) is 6.17 Å². The van der Waals surface area contributed by atoms with Gasteiger partial charge >= 0.3 is 0 Å². The van der Waals surface area contributed by atoms with E-state index in [1.807, 2.05) is 6.07 Å². The minimum Gasteiger partial charge on any atom is -0.356 e. The fourth-order valence-corrected chi connectivity index (χ4v) is 3.14. The van der Waals surface area contributed by atoms with Crippen LogP contribution in [-0.2, 0) is 11.2 Å². The summed E-state index contributed by atoms with van der Waals surface area (Å²) in [6, 6.07) is 9.90. The molecular formula is C20H15F3N2O2. The third-order valence-electron chi connectivity index (χ3n) is 4.48. The van der Waals surface area contributed by atoms with Gasteiger partial charge in [-0.05, 0) is 48.1 Å². The summed E-state index contributed by atoms with van der Waals surface area (Å²) in [4.78, 5) is 15.3. The summed E-state index contributed by atoms with van der Waals surface area (Å²) in [6.45, 7) is 0. The molecule has 1 amide bonds. The number of amides is 1. The molecule has 0 fully saturated rings. The number of hydrogen-bond acceptors (Lipinski definition) is 2. The van der Waals surface area contributed by atoms with Crippen LogP contribution in [0.25, 0.3) is 21.8 Å². The molecular weight excluding hydrogens is 357 g/mol. The summed E-state index contributed by atoms with van der Waals surface area (Å²) >= 11 is 0. The van der Waals surface area contributed by atoms with Crippen molar-refractivity contribution in [2.45, 2.75) is 18.4 Å². The Balaban J connectivity index is 1.52. The number of aliphatic hydroxyl groups is 1. The van der Waals surface area contributed by atoms with Crippen LogP contribution in [0.5, 0.6) is 0 Å². The number of aromatic nitrogens is 1. The predicted octanol–water partition coefficient (Wildman–Crippen LogP) is 3.57. The van der Waals surface area contributed by atoms with Crippen LogP contribution in [0.1, 0.15) is 5.56 Å². The standard InChI is InChI=1S/C20H15F3N2O2/c21-12-2-4-15-14-3-1-11(7-16(14)25-17(15)9-12)8-19(26)24-13-5-6-20(23,27)18(22)10-13/h1-7,9-10,18,25,27H,8H2,(H,24,26). The number of H-pyrrole nitrogens is 1. The lowest BCUT2D eigenvalue weighted by Gasteiger charge is -2.21. The van der Waals surface area contributed by atoms with E-state index in [2.05, 4.69) is 10.3 Å². The van der Waals surface area contributed by atoms with E-state index in [9.17, 15) is 18.0 Å². The van der Waals surface area contributed by atoms with Crippen molar-refractivity contribution in [2.75, 3.05) is 0 Å². The summed E-state index contributed by atoms with van der Waals surface area (Å²) in [5.74, 6) is -3.81. The first-order valence-electron chi connectivity index (χ1n) is 8.28. The van der Waals surface area contributed by atoms with Crippen LogP contribution in [0.15, 0.2) is 60.3 Å². The first-order valence-corrected chi connectivity index (χ1v) is 8.28. The summed E-state index contributed by atoms with van der Waals surface area (Å²) in [5, 5.41) is 13.4. The third kappa shape index (κ3) is 3.33. The van der Waals surface area contributed by atoms with Gasteiger partial charge in [-0.1, -0.05) is 12.1 Å². The van der Waals surface area contributed by atoms with E-state index in [4.69, 9.17) is 5.11 Å². The second-order valence-electron chi connectivity index (χ2n) is 6.50. The van der Waals surface area contributed by atoms with Crippen molar-refractivity contribution < 1.29 is 23.1 Å². The highest BCUT2D eigenvalue weighted by atomic mass is 19.2. The lowest BCUT2D eigenvalue weighted by Crippen LogP contribution is -2.35. The predicted molar refractivity (Wildman–Crippen MR) is 95.8 cm³/mol. The highest BCUT2D eigenvalue weighted by Crippen LogP contribution is 2.27. The SMILES string of the molecule is O=C(Cc1ccc2c(c1)[nH]c1cc(F)ccc12)NC1=CC(F)C(O)(F)C=C1. The second-order valence-corrected chi connectivity index (χ2v) is 6.50. The first kappa shape index (κ1) is 17.4. The minimum absolute atomic E-state index is 0.0156. The zero-order chi connectivity index (χ0) is 19.2. The van der Waals surface area contributed by atoms with E-state index >= 15 is 0 Å². The third-order valence-corrected chi connectivity index (χ3v) is 4.48. The fraction of sp³-hybridized carbons (Fsp3) is 0.150. The average Bonchev–Trinajstić information content (AvgIpc) is 2.94. The number of halogens is 3. The Morgan fingerprint density at radius 1 is 1.19 bits per heavy atom. The maximum Gasteiger partial charge on any atom is 0.261 e. The molecule has 1 aromatic heterocycles. The van der Waals surface area contributed by atoms with Gasteiger partial charge in [-0.3, -0.25) is 4.79 Å². The summed E-state index contributed by atoms with van der Waals surface area (Å²) < 4.78 is 40.1. The molecule has 2 unspecified atom stereocenters. The number of nitrogens with one attached hydrogen (secondary N) is 2. The fourth-order valence-electron chi connectivity index (χ4n) is 3.14.